The molecule has 0 spiro atoms. The fraction of sp³-hybridized carbons (Fsp3) is 0.0909. The lowest BCUT2D eigenvalue weighted by Crippen LogP contribution is -2.07. The van der Waals surface area contributed by atoms with Gasteiger partial charge in [-0.15, -0.1) is 0 Å². The second kappa shape index (κ2) is 6.42. The molecule has 2 aromatic heterocycles. The van der Waals surface area contributed by atoms with Gasteiger partial charge in [-0.1, -0.05) is 48.5 Å². The maximum atomic E-state index is 6.15. The van der Waals surface area contributed by atoms with Crippen LogP contribution in [0.2, 0.25) is 0 Å². The van der Waals surface area contributed by atoms with Crippen LogP contribution in [0.4, 0.5) is 11.9 Å². The number of nitrogen functional groups attached to an aromatic ring is 2. The van der Waals surface area contributed by atoms with E-state index in [1.807, 2.05) is 57.7 Å². The van der Waals surface area contributed by atoms with E-state index in [1.54, 1.807) is 0 Å². The smallest absolute Gasteiger partial charge is 0.201 e. The molecule has 28 heavy (non-hydrogen) atoms. The lowest BCUT2D eigenvalue weighted by atomic mass is 10.1. The van der Waals surface area contributed by atoms with Gasteiger partial charge in [0, 0.05) is 0 Å². The highest BCUT2D eigenvalue weighted by Crippen LogP contribution is 2.22. The highest BCUT2D eigenvalue weighted by Gasteiger charge is 2.10. The van der Waals surface area contributed by atoms with Crippen LogP contribution in [0.25, 0.3) is 22.1 Å². The molecule has 138 valence electrons. The fourth-order valence-corrected chi connectivity index (χ4v) is 3.71. The van der Waals surface area contributed by atoms with Gasteiger partial charge in [-0.05, 0) is 35.4 Å². The number of benzene rings is 3. The third kappa shape index (κ3) is 2.75. The van der Waals surface area contributed by atoms with E-state index in [9.17, 15) is 0 Å². The number of rotatable bonds is 4. The summed E-state index contributed by atoms with van der Waals surface area (Å²) in [5, 5.41) is 0. The number of nitrogens with two attached hydrogens (primary N) is 2. The molecule has 0 fully saturated rings. The topological polar surface area (TPSA) is 87.7 Å². The first kappa shape index (κ1) is 16.4. The predicted octanol–water partition coefficient (Wildman–Crippen LogP) is 3.65. The Kier molecular flexibility index (Phi) is 3.76. The Morgan fingerprint density at radius 1 is 0.607 bits per heavy atom. The van der Waals surface area contributed by atoms with E-state index in [4.69, 9.17) is 11.5 Å². The molecule has 2 heterocycles. The zero-order chi connectivity index (χ0) is 19.1. The molecule has 4 N–H and O–H groups in total. The monoisotopic (exact) mass is 368 g/mol. The van der Waals surface area contributed by atoms with Crippen LogP contribution in [-0.2, 0) is 13.1 Å². The lowest BCUT2D eigenvalue weighted by molar-refractivity contribution is 0.816. The van der Waals surface area contributed by atoms with Gasteiger partial charge in [-0.3, -0.25) is 0 Å². The summed E-state index contributed by atoms with van der Waals surface area (Å²) < 4.78 is 4.07. The van der Waals surface area contributed by atoms with Gasteiger partial charge in [-0.25, -0.2) is 9.97 Å². The van der Waals surface area contributed by atoms with Crippen molar-refractivity contribution in [1.29, 1.82) is 0 Å². The van der Waals surface area contributed by atoms with Crippen molar-refractivity contribution in [3.63, 3.8) is 0 Å². The lowest BCUT2D eigenvalue weighted by Gasteiger charge is -2.10. The van der Waals surface area contributed by atoms with Crippen molar-refractivity contribution in [3.05, 3.63) is 83.9 Å². The predicted molar refractivity (Wildman–Crippen MR) is 113 cm³/mol. The Labute approximate surface area is 162 Å². The summed E-state index contributed by atoms with van der Waals surface area (Å²) in [6.45, 7) is 1.33. The second-order valence-electron chi connectivity index (χ2n) is 6.91. The van der Waals surface area contributed by atoms with Crippen molar-refractivity contribution < 1.29 is 0 Å². The van der Waals surface area contributed by atoms with Crippen LogP contribution in [0.5, 0.6) is 0 Å². The highest BCUT2D eigenvalue weighted by molar-refractivity contribution is 5.79. The van der Waals surface area contributed by atoms with Crippen LogP contribution in [0.3, 0.4) is 0 Å². The van der Waals surface area contributed by atoms with Gasteiger partial charge < -0.3 is 20.6 Å². The molecule has 6 nitrogen and oxygen atoms in total. The van der Waals surface area contributed by atoms with Gasteiger partial charge in [-0.2, -0.15) is 0 Å². The zero-order valence-electron chi connectivity index (χ0n) is 15.3. The maximum absolute atomic E-state index is 6.15. The van der Waals surface area contributed by atoms with Gasteiger partial charge in [0.1, 0.15) is 0 Å². The van der Waals surface area contributed by atoms with Crippen LogP contribution in [0.15, 0.2) is 72.8 Å². The minimum absolute atomic E-state index is 0.524. The quantitative estimate of drug-likeness (QED) is 0.507. The van der Waals surface area contributed by atoms with Gasteiger partial charge >= 0.3 is 0 Å². The zero-order valence-corrected chi connectivity index (χ0v) is 15.3. The molecule has 0 bridgehead atoms. The molecule has 5 aromatic rings. The van der Waals surface area contributed by atoms with Crippen LogP contribution in [0.1, 0.15) is 11.1 Å². The molecular formula is C22H20N6. The number of hydrogen-bond donors (Lipinski definition) is 2. The van der Waals surface area contributed by atoms with Crippen molar-refractivity contribution >= 4 is 34.0 Å². The number of para-hydroxylation sites is 4. The molecule has 0 radical (unpaired) electrons. The van der Waals surface area contributed by atoms with Gasteiger partial charge in [0.05, 0.1) is 35.2 Å². The molecule has 0 saturated carbocycles. The Morgan fingerprint density at radius 3 is 1.57 bits per heavy atom. The van der Waals surface area contributed by atoms with Gasteiger partial charge in [0.25, 0.3) is 0 Å². The first-order valence-corrected chi connectivity index (χ1v) is 9.18. The third-order valence-corrected chi connectivity index (χ3v) is 5.04. The summed E-state index contributed by atoms with van der Waals surface area (Å²) >= 11 is 0. The average Bonchev–Trinajstić information content (AvgIpc) is 3.19. The maximum Gasteiger partial charge on any atom is 0.201 e. The number of imidazole rings is 2. The normalized spacial score (nSPS) is 11.4. The second-order valence-corrected chi connectivity index (χ2v) is 6.91. The standard InChI is InChI=1S/C22H20N6/c23-21-25-17-8-1-3-10-19(17)27(21)13-15-6-5-7-16(12-15)14-28-20-11-4-2-9-18(20)26-22(28)24/h1-12H,13-14H2,(H2,23,25)(H2,24,26). The first-order valence-electron chi connectivity index (χ1n) is 9.18. The number of anilines is 2. The van der Waals surface area contributed by atoms with E-state index in [0.29, 0.717) is 25.0 Å². The van der Waals surface area contributed by atoms with Crippen LogP contribution < -0.4 is 11.5 Å². The summed E-state index contributed by atoms with van der Waals surface area (Å²) in [6, 6.07) is 24.4. The van der Waals surface area contributed by atoms with Crippen LogP contribution >= 0.6 is 0 Å². The number of hydrogen-bond acceptors (Lipinski definition) is 4. The van der Waals surface area contributed by atoms with E-state index in [1.165, 1.54) is 0 Å². The summed E-state index contributed by atoms with van der Waals surface area (Å²) in [6.07, 6.45) is 0. The summed E-state index contributed by atoms with van der Waals surface area (Å²) in [4.78, 5) is 8.90. The van der Waals surface area contributed by atoms with E-state index in [2.05, 4.69) is 34.2 Å². The number of fused-ring (bicyclic) bond motifs is 2. The number of nitrogens with zero attached hydrogens (tertiary/aromatic N) is 4. The molecular weight excluding hydrogens is 348 g/mol. The highest BCUT2D eigenvalue weighted by atomic mass is 15.2. The Hall–Kier alpha value is -3.80. The molecule has 6 heteroatoms. The van der Waals surface area contributed by atoms with E-state index < -0.39 is 0 Å². The summed E-state index contributed by atoms with van der Waals surface area (Å²) in [7, 11) is 0. The van der Waals surface area contributed by atoms with E-state index in [-0.39, 0.29) is 0 Å². The van der Waals surface area contributed by atoms with Gasteiger partial charge in [0.15, 0.2) is 0 Å². The van der Waals surface area contributed by atoms with E-state index >= 15 is 0 Å². The third-order valence-electron chi connectivity index (χ3n) is 5.04. The summed E-state index contributed by atoms with van der Waals surface area (Å²) in [5.41, 5.74) is 18.5. The molecule has 0 aliphatic carbocycles. The Bertz CT molecular complexity index is 1200. The summed E-state index contributed by atoms with van der Waals surface area (Å²) in [5.74, 6) is 1.05. The molecule has 0 aliphatic heterocycles. The van der Waals surface area contributed by atoms with Crippen molar-refractivity contribution in [2.24, 2.45) is 0 Å². The fourth-order valence-electron chi connectivity index (χ4n) is 3.71. The van der Waals surface area contributed by atoms with Gasteiger partial charge in [0.2, 0.25) is 11.9 Å². The largest absolute Gasteiger partial charge is 0.369 e. The Morgan fingerprint density at radius 2 is 1.07 bits per heavy atom. The van der Waals surface area contributed by atoms with Crippen molar-refractivity contribution in [3.8, 4) is 0 Å². The van der Waals surface area contributed by atoms with Crippen molar-refractivity contribution in [2.45, 2.75) is 13.1 Å². The SMILES string of the molecule is Nc1nc2ccccc2n1Cc1cccc(Cn2c(N)nc3ccccc32)c1. The molecule has 0 aliphatic rings. The average molecular weight is 368 g/mol. The van der Waals surface area contributed by atoms with Crippen LogP contribution in [0, 0.1) is 0 Å². The molecule has 5 rings (SSSR count). The number of aromatic nitrogens is 4. The first-order chi connectivity index (χ1) is 13.7. The minimum Gasteiger partial charge on any atom is -0.369 e. The van der Waals surface area contributed by atoms with E-state index in [0.717, 1.165) is 33.2 Å². The molecule has 0 unspecified atom stereocenters. The molecule has 3 aromatic carbocycles. The van der Waals surface area contributed by atoms with Crippen molar-refractivity contribution in [2.75, 3.05) is 11.5 Å². The molecule has 0 amide bonds. The minimum atomic E-state index is 0.524. The Balaban J connectivity index is 1.48. The van der Waals surface area contributed by atoms with Crippen molar-refractivity contribution in [1.82, 2.24) is 19.1 Å². The molecule has 0 atom stereocenters. The molecule has 0 saturated heterocycles. The van der Waals surface area contributed by atoms with Crippen LogP contribution in [-0.4, -0.2) is 19.1 Å².